The van der Waals surface area contributed by atoms with Crippen molar-refractivity contribution in [2.24, 2.45) is 0 Å². The van der Waals surface area contributed by atoms with E-state index in [1.54, 1.807) is 23.9 Å². The van der Waals surface area contributed by atoms with Crippen LogP contribution in [0, 0.1) is 5.82 Å². The molecule has 0 aromatic heterocycles. The highest BCUT2D eigenvalue weighted by Gasteiger charge is 2.09. The van der Waals surface area contributed by atoms with E-state index in [0.29, 0.717) is 12.1 Å². The lowest BCUT2D eigenvalue weighted by atomic mass is 10.1. The lowest BCUT2D eigenvalue weighted by Gasteiger charge is -2.08. The van der Waals surface area contributed by atoms with Gasteiger partial charge in [-0.2, -0.15) is 0 Å². The Hall–Kier alpha value is -1.81. The van der Waals surface area contributed by atoms with E-state index in [1.165, 1.54) is 12.1 Å². The average Bonchev–Trinajstić information content (AvgIpc) is 2.53. The third kappa shape index (κ3) is 4.60. The van der Waals surface area contributed by atoms with E-state index >= 15 is 0 Å². The predicted octanol–water partition coefficient (Wildman–Crippen LogP) is 3.91. The largest absolute Gasteiger partial charge is 0.352 e. The molecule has 0 saturated heterocycles. The van der Waals surface area contributed by atoms with Crippen LogP contribution in [0.1, 0.15) is 22.3 Å². The van der Waals surface area contributed by atoms with E-state index < -0.39 is 0 Å². The minimum atomic E-state index is -0.222. The maximum absolute atomic E-state index is 12.8. The molecule has 2 aromatic rings. The van der Waals surface area contributed by atoms with Crippen molar-refractivity contribution < 1.29 is 9.18 Å². The smallest absolute Gasteiger partial charge is 0.252 e. The van der Waals surface area contributed by atoms with Gasteiger partial charge in [-0.1, -0.05) is 24.3 Å². The fourth-order valence-corrected chi connectivity index (χ4v) is 2.67. The molecule has 0 saturated carbocycles. The zero-order valence-electron chi connectivity index (χ0n) is 11.9. The molecule has 0 aliphatic heterocycles. The molecule has 0 aliphatic rings. The van der Waals surface area contributed by atoms with E-state index in [4.69, 9.17) is 0 Å². The van der Waals surface area contributed by atoms with Crippen LogP contribution in [0.4, 0.5) is 4.39 Å². The molecule has 0 heterocycles. The van der Waals surface area contributed by atoms with Crippen molar-refractivity contribution in [1.82, 2.24) is 5.32 Å². The third-order valence-electron chi connectivity index (χ3n) is 3.19. The molecule has 0 fully saturated rings. The molecule has 0 bridgehead atoms. The number of hydrogen-bond acceptors (Lipinski definition) is 2. The number of thioether (sulfide) groups is 1. The van der Waals surface area contributed by atoms with E-state index in [0.717, 1.165) is 23.3 Å². The Morgan fingerprint density at radius 3 is 2.57 bits per heavy atom. The predicted molar refractivity (Wildman–Crippen MR) is 85.3 cm³/mol. The molecule has 110 valence electrons. The number of hydrogen-bond donors (Lipinski definition) is 1. The molecule has 2 rings (SSSR count). The van der Waals surface area contributed by atoms with E-state index in [-0.39, 0.29) is 11.7 Å². The molecular formula is C17H18FNOS. The van der Waals surface area contributed by atoms with Crippen LogP contribution < -0.4 is 5.32 Å². The second-order valence-corrected chi connectivity index (χ2v) is 5.53. The molecule has 2 aromatic carbocycles. The Kier molecular flexibility index (Phi) is 5.81. The molecule has 4 heteroatoms. The summed E-state index contributed by atoms with van der Waals surface area (Å²) in [5.41, 5.74) is 1.79. The van der Waals surface area contributed by atoms with Gasteiger partial charge in [0.05, 0.1) is 5.56 Å². The summed E-state index contributed by atoms with van der Waals surface area (Å²) in [5, 5.41) is 2.93. The maximum Gasteiger partial charge on any atom is 0.252 e. The highest BCUT2D eigenvalue weighted by molar-refractivity contribution is 7.98. The van der Waals surface area contributed by atoms with Crippen molar-refractivity contribution in [3.63, 3.8) is 0 Å². The van der Waals surface area contributed by atoms with Crippen LogP contribution in [0.2, 0.25) is 0 Å². The molecule has 0 spiro atoms. The first kappa shape index (κ1) is 15.6. The van der Waals surface area contributed by atoms with Crippen LogP contribution in [0.3, 0.4) is 0 Å². The second kappa shape index (κ2) is 7.84. The van der Waals surface area contributed by atoms with Crippen molar-refractivity contribution in [2.75, 3.05) is 12.8 Å². The van der Waals surface area contributed by atoms with Crippen molar-refractivity contribution in [3.8, 4) is 0 Å². The Morgan fingerprint density at radius 2 is 1.86 bits per heavy atom. The zero-order chi connectivity index (χ0) is 15.1. The number of carbonyl (C=O) groups is 1. The Morgan fingerprint density at radius 1 is 1.14 bits per heavy atom. The monoisotopic (exact) mass is 303 g/mol. The van der Waals surface area contributed by atoms with Gasteiger partial charge in [0.15, 0.2) is 0 Å². The van der Waals surface area contributed by atoms with Crippen LogP contribution in [-0.4, -0.2) is 18.7 Å². The summed E-state index contributed by atoms with van der Waals surface area (Å²) in [7, 11) is 0. The van der Waals surface area contributed by atoms with Crippen molar-refractivity contribution >= 4 is 17.7 Å². The number of halogens is 1. The Balaban J connectivity index is 1.80. The van der Waals surface area contributed by atoms with Crippen molar-refractivity contribution in [2.45, 2.75) is 17.7 Å². The minimum absolute atomic E-state index is 0.0425. The SMILES string of the molecule is CSc1ccccc1C(=O)NCCCc1ccc(F)cc1. The number of amides is 1. The molecule has 1 amide bonds. The number of benzene rings is 2. The topological polar surface area (TPSA) is 29.1 Å². The summed E-state index contributed by atoms with van der Waals surface area (Å²) in [5.74, 6) is -0.264. The Labute approximate surface area is 128 Å². The van der Waals surface area contributed by atoms with Gasteiger partial charge in [-0.3, -0.25) is 4.79 Å². The van der Waals surface area contributed by atoms with Gasteiger partial charge in [0.1, 0.15) is 5.82 Å². The van der Waals surface area contributed by atoms with Gasteiger partial charge in [0.2, 0.25) is 0 Å². The van der Waals surface area contributed by atoms with E-state index in [1.807, 2.05) is 30.5 Å². The summed E-state index contributed by atoms with van der Waals surface area (Å²) in [6.07, 6.45) is 3.62. The summed E-state index contributed by atoms with van der Waals surface area (Å²) in [4.78, 5) is 13.1. The fraction of sp³-hybridized carbons (Fsp3) is 0.235. The fourth-order valence-electron chi connectivity index (χ4n) is 2.07. The first-order chi connectivity index (χ1) is 10.2. The van der Waals surface area contributed by atoms with Crippen LogP contribution >= 0.6 is 11.8 Å². The highest BCUT2D eigenvalue weighted by Crippen LogP contribution is 2.19. The van der Waals surface area contributed by atoms with Gasteiger partial charge in [-0.15, -0.1) is 11.8 Å². The number of nitrogens with one attached hydrogen (secondary N) is 1. The first-order valence-electron chi connectivity index (χ1n) is 6.86. The van der Waals surface area contributed by atoms with Gasteiger partial charge in [-0.25, -0.2) is 4.39 Å². The lowest BCUT2D eigenvalue weighted by Crippen LogP contribution is -2.25. The minimum Gasteiger partial charge on any atom is -0.352 e. The summed E-state index contributed by atoms with van der Waals surface area (Å²) >= 11 is 1.56. The normalized spacial score (nSPS) is 10.4. The standard InChI is InChI=1S/C17H18FNOS/c1-21-16-7-3-2-6-15(16)17(20)19-12-4-5-13-8-10-14(18)11-9-13/h2-3,6-11H,4-5,12H2,1H3,(H,19,20). The van der Waals surface area contributed by atoms with Crippen LogP contribution in [0.5, 0.6) is 0 Å². The zero-order valence-corrected chi connectivity index (χ0v) is 12.8. The second-order valence-electron chi connectivity index (χ2n) is 4.69. The van der Waals surface area contributed by atoms with Gasteiger partial charge in [0, 0.05) is 11.4 Å². The summed E-state index contributed by atoms with van der Waals surface area (Å²) < 4.78 is 12.8. The van der Waals surface area contributed by atoms with Crippen LogP contribution in [0.25, 0.3) is 0 Å². The number of aryl methyl sites for hydroxylation is 1. The van der Waals surface area contributed by atoms with E-state index in [2.05, 4.69) is 5.32 Å². The number of rotatable bonds is 6. The highest BCUT2D eigenvalue weighted by atomic mass is 32.2. The molecule has 0 atom stereocenters. The van der Waals surface area contributed by atoms with Crippen molar-refractivity contribution in [3.05, 3.63) is 65.5 Å². The molecule has 0 unspecified atom stereocenters. The first-order valence-corrected chi connectivity index (χ1v) is 8.09. The molecular weight excluding hydrogens is 285 g/mol. The van der Waals surface area contributed by atoms with Gasteiger partial charge >= 0.3 is 0 Å². The molecule has 21 heavy (non-hydrogen) atoms. The molecule has 0 radical (unpaired) electrons. The molecule has 0 aliphatic carbocycles. The van der Waals surface area contributed by atoms with Crippen molar-refractivity contribution in [1.29, 1.82) is 0 Å². The summed E-state index contributed by atoms with van der Waals surface area (Å²) in [6.45, 7) is 0.610. The third-order valence-corrected chi connectivity index (χ3v) is 3.99. The van der Waals surface area contributed by atoms with Crippen LogP contribution in [-0.2, 0) is 6.42 Å². The van der Waals surface area contributed by atoms with Gasteiger partial charge < -0.3 is 5.32 Å². The summed E-state index contributed by atoms with van der Waals surface area (Å²) in [6, 6.07) is 14.1. The number of carbonyl (C=O) groups excluding carboxylic acids is 1. The lowest BCUT2D eigenvalue weighted by molar-refractivity contribution is 0.0950. The average molecular weight is 303 g/mol. The quantitative estimate of drug-likeness (QED) is 0.647. The van der Waals surface area contributed by atoms with E-state index in [9.17, 15) is 9.18 Å². The Bertz CT molecular complexity index is 598. The van der Waals surface area contributed by atoms with Crippen LogP contribution in [0.15, 0.2) is 53.4 Å². The van der Waals surface area contributed by atoms with Gasteiger partial charge in [-0.05, 0) is 48.9 Å². The van der Waals surface area contributed by atoms with Gasteiger partial charge in [0.25, 0.3) is 5.91 Å². The molecule has 1 N–H and O–H groups in total. The maximum atomic E-state index is 12.8. The molecule has 2 nitrogen and oxygen atoms in total.